The fourth-order valence-corrected chi connectivity index (χ4v) is 6.76. The van der Waals surface area contributed by atoms with Crippen molar-refractivity contribution in [3.63, 3.8) is 0 Å². The van der Waals surface area contributed by atoms with Gasteiger partial charge in [0.1, 0.15) is 5.54 Å². The summed E-state index contributed by atoms with van der Waals surface area (Å²) in [5, 5.41) is 20.2. The number of hydrogen-bond acceptors (Lipinski definition) is 3. The predicted octanol–water partition coefficient (Wildman–Crippen LogP) is 7.09. The lowest BCUT2D eigenvalue weighted by Gasteiger charge is -2.23. The van der Waals surface area contributed by atoms with Crippen molar-refractivity contribution in [1.82, 2.24) is 5.32 Å². The molecular weight excluding hydrogens is 462 g/mol. The number of carboxylic acid groups (broad SMARTS) is 1. The number of aryl methyl sites for hydroxylation is 2. The Morgan fingerprint density at radius 3 is 2.44 bits per heavy atom. The first-order chi connectivity index (χ1) is 17.6. The Labute approximate surface area is 216 Å². The first-order valence-electron chi connectivity index (χ1n) is 12.9. The first kappa shape index (κ1) is 23.3. The summed E-state index contributed by atoms with van der Waals surface area (Å²) in [7, 11) is 0. The Hall–Kier alpha value is -3.08. The van der Waals surface area contributed by atoms with Crippen molar-refractivity contribution in [2.24, 2.45) is 0 Å². The molecule has 4 heteroatoms. The van der Waals surface area contributed by atoms with E-state index in [1.54, 1.807) is 29.0 Å². The molecule has 1 heterocycles. The Balaban J connectivity index is 0.000000133. The molecule has 36 heavy (non-hydrogen) atoms. The number of fused-ring (bicyclic) bond motifs is 5. The van der Waals surface area contributed by atoms with E-state index in [2.05, 4.69) is 66.0 Å². The van der Waals surface area contributed by atoms with Gasteiger partial charge in [-0.1, -0.05) is 78.9 Å². The molecule has 0 spiro atoms. The maximum Gasteiger partial charge on any atom is 0.328 e. The van der Waals surface area contributed by atoms with Crippen molar-refractivity contribution in [3.05, 3.63) is 107 Å². The molecule has 3 unspecified atom stereocenters. The highest BCUT2D eigenvalue weighted by molar-refractivity contribution is 8.02. The zero-order valence-electron chi connectivity index (χ0n) is 20.3. The monoisotopic (exact) mass is 493 g/mol. The van der Waals surface area contributed by atoms with Gasteiger partial charge in [0.2, 0.25) is 0 Å². The molecule has 0 aromatic heterocycles. The Bertz CT molecular complexity index is 1450. The molecule has 3 atom stereocenters. The van der Waals surface area contributed by atoms with Crippen LogP contribution in [-0.2, 0) is 17.6 Å². The van der Waals surface area contributed by atoms with Crippen LogP contribution in [0.15, 0.2) is 90.3 Å². The van der Waals surface area contributed by atoms with Crippen molar-refractivity contribution < 1.29 is 9.90 Å². The molecule has 3 nitrogen and oxygen atoms in total. The highest BCUT2D eigenvalue weighted by Gasteiger charge is 2.47. The fourth-order valence-electron chi connectivity index (χ4n) is 5.77. The van der Waals surface area contributed by atoms with Crippen LogP contribution in [0.1, 0.15) is 41.9 Å². The van der Waals surface area contributed by atoms with Gasteiger partial charge in [0.15, 0.2) is 0 Å². The third-order valence-electron chi connectivity index (χ3n) is 7.86. The third-order valence-corrected chi connectivity index (χ3v) is 8.81. The van der Waals surface area contributed by atoms with Gasteiger partial charge < -0.3 is 5.11 Å². The molecule has 0 saturated heterocycles. The number of aliphatic carboxylic acids is 1. The molecule has 4 aromatic carbocycles. The van der Waals surface area contributed by atoms with Crippen molar-refractivity contribution in [2.75, 3.05) is 5.75 Å². The minimum Gasteiger partial charge on any atom is -0.480 e. The number of nitrogens with one attached hydrogen (secondary N) is 1. The molecular formula is C32H31NO2S. The van der Waals surface area contributed by atoms with E-state index in [4.69, 9.17) is 0 Å². The van der Waals surface area contributed by atoms with E-state index in [0.717, 1.165) is 6.42 Å². The summed E-state index contributed by atoms with van der Waals surface area (Å²) in [6.45, 7) is 0. The predicted molar refractivity (Wildman–Crippen MR) is 151 cm³/mol. The normalized spacial score (nSPS) is 24.2. The van der Waals surface area contributed by atoms with Crippen LogP contribution in [0.5, 0.6) is 0 Å². The number of hydrogen-bond donors (Lipinski definition) is 2. The van der Waals surface area contributed by atoms with E-state index >= 15 is 0 Å². The van der Waals surface area contributed by atoms with Crippen LogP contribution in [0.2, 0.25) is 0 Å². The highest BCUT2D eigenvalue weighted by atomic mass is 32.2. The largest absolute Gasteiger partial charge is 0.480 e. The van der Waals surface area contributed by atoms with Gasteiger partial charge in [-0.15, -0.1) is 11.8 Å². The lowest BCUT2D eigenvalue weighted by Crippen LogP contribution is -2.52. The van der Waals surface area contributed by atoms with Crippen LogP contribution in [0.3, 0.4) is 0 Å². The number of benzene rings is 4. The van der Waals surface area contributed by atoms with Crippen molar-refractivity contribution in [2.45, 2.75) is 49.6 Å². The smallest absolute Gasteiger partial charge is 0.328 e. The van der Waals surface area contributed by atoms with E-state index in [1.807, 2.05) is 23.6 Å². The Morgan fingerprint density at radius 2 is 1.64 bits per heavy atom. The first-order valence-corrected chi connectivity index (χ1v) is 14.0. The summed E-state index contributed by atoms with van der Waals surface area (Å²) < 4.78 is 0. The van der Waals surface area contributed by atoms with E-state index in [9.17, 15) is 9.90 Å². The number of rotatable bonds is 4. The SMILES string of the molecule is O=C(O)C1(NC2CC2c2ccccc2)C=CSC1.c1ccc2c(c1)ccc1c3c(ccc12)CCCC3. The molecule has 0 bridgehead atoms. The zero-order chi connectivity index (χ0) is 24.5. The average Bonchev–Trinajstić information content (AvgIpc) is 3.52. The summed E-state index contributed by atoms with van der Waals surface area (Å²) in [4.78, 5) is 11.4. The standard InChI is InChI=1S/C18H16.C14H15NO2S/c1-3-7-15-13(5-1)9-11-18-16-8-4-2-6-14(16)10-12-17(15)18;16-13(17)14(6-7-18-9-14)15-12-8-11(12)10-4-2-1-3-5-10/h1,3,5,7,9-12H,2,4,6,8H2;1-7,11-12,15H,8-9H2,(H,16,17). The Kier molecular flexibility index (Phi) is 6.32. The maximum atomic E-state index is 11.4. The van der Waals surface area contributed by atoms with Gasteiger partial charge >= 0.3 is 5.97 Å². The molecule has 3 aliphatic rings. The number of carboxylic acids is 1. The maximum absolute atomic E-state index is 11.4. The summed E-state index contributed by atoms with van der Waals surface area (Å²) in [5.41, 5.74) is 3.61. The molecule has 7 rings (SSSR count). The van der Waals surface area contributed by atoms with E-state index in [-0.39, 0.29) is 6.04 Å². The van der Waals surface area contributed by atoms with Gasteiger partial charge in [0.05, 0.1) is 0 Å². The summed E-state index contributed by atoms with van der Waals surface area (Å²) in [6.07, 6.45) is 8.02. The van der Waals surface area contributed by atoms with Gasteiger partial charge in [-0.25, -0.2) is 4.79 Å². The molecule has 1 aliphatic heterocycles. The molecule has 0 radical (unpaired) electrons. The molecule has 2 aliphatic carbocycles. The summed E-state index contributed by atoms with van der Waals surface area (Å²) in [6, 6.07) is 28.5. The minimum absolute atomic E-state index is 0.284. The zero-order valence-corrected chi connectivity index (χ0v) is 21.1. The average molecular weight is 494 g/mol. The van der Waals surface area contributed by atoms with Gasteiger partial charge in [-0.2, -0.15) is 0 Å². The molecule has 182 valence electrons. The van der Waals surface area contributed by atoms with Crippen LogP contribution in [0.4, 0.5) is 0 Å². The number of carbonyl (C=O) groups is 1. The second kappa shape index (κ2) is 9.76. The third kappa shape index (κ3) is 4.44. The van der Waals surface area contributed by atoms with Crippen LogP contribution in [0, 0.1) is 0 Å². The van der Waals surface area contributed by atoms with Crippen molar-refractivity contribution in [1.29, 1.82) is 0 Å². The topological polar surface area (TPSA) is 49.3 Å². The summed E-state index contributed by atoms with van der Waals surface area (Å²) >= 11 is 1.55. The molecule has 1 fully saturated rings. The van der Waals surface area contributed by atoms with Gasteiger partial charge in [0.25, 0.3) is 0 Å². The molecule has 0 amide bonds. The van der Waals surface area contributed by atoms with E-state index in [0.29, 0.717) is 11.7 Å². The minimum atomic E-state index is -0.862. The Morgan fingerprint density at radius 1 is 0.861 bits per heavy atom. The van der Waals surface area contributed by atoms with Gasteiger partial charge in [-0.3, -0.25) is 5.32 Å². The van der Waals surface area contributed by atoms with E-state index in [1.165, 1.54) is 52.8 Å². The molecule has 4 aromatic rings. The lowest BCUT2D eigenvalue weighted by atomic mass is 9.86. The second-order valence-electron chi connectivity index (χ2n) is 10.2. The lowest BCUT2D eigenvalue weighted by molar-refractivity contribution is -0.141. The van der Waals surface area contributed by atoms with E-state index < -0.39 is 11.5 Å². The molecule has 1 saturated carbocycles. The highest BCUT2D eigenvalue weighted by Crippen LogP contribution is 2.43. The number of thioether (sulfide) groups is 1. The van der Waals surface area contributed by atoms with Crippen molar-refractivity contribution >= 4 is 39.3 Å². The van der Waals surface area contributed by atoms with Gasteiger partial charge in [-0.05, 0) is 81.8 Å². The second-order valence-corrected chi connectivity index (χ2v) is 11.1. The van der Waals surface area contributed by atoms with Crippen molar-refractivity contribution in [3.8, 4) is 0 Å². The quantitative estimate of drug-likeness (QED) is 0.298. The van der Waals surface area contributed by atoms with Crippen LogP contribution in [-0.4, -0.2) is 28.4 Å². The van der Waals surface area contributed by atoms with Crippen LogP contribution < -0.4 is 5.32 Å². The fraction of sp³-hybridized carbons (Fsp3) is 0.281. The van der Waals surface area contributed by atoms with Crippen LogP contribution in [0.25, 0.3) is 21.5 Å². The summed E-state index contributed by atoms with van der Waals surface area (Å²) in [5.74, 6) is 0.268. The van der Waals surface area contributed by atoms with Gasteiger partial charge in [0, 0.05) is 17.7 Å². The van der Waals surface area contributed by atoms with Crippen LogP contribution >= 0.6 is 11.8 Å². The molecule has 2 N–H and O–H groups in total.